The second kappa shape index (κ2) is 8.91. The average molecular weight is 367 g/mol. The molecule has 0 unspecified atom stereocenters. The van der Waals surface area contributed by atoms with Crippen LogP contribution in [0.3, 0.4) is 0 Å². The highest BCUT2D eigenvalue weighted by atomic mass is 16.3. The highest BCUT2D eigenvalue weighted by Gasteiger charge is 2.33. The summed E-state index contributed by atoms with van der Waals surface area (Å²) in [6, 6.07) is 17.5. The van der Waals surface area contributed by atoms with Gasteiger partial charge in [0.15, 0.2) is 0 Å². The van der Waals surface area contributed by atoms with Gasteiger partial charge in [-0.05, 0) is 63.2 Å². The number of amides is 2. The van der Waals surface area contributed by atoms with Gasteiger partial charge in [0.25, 0.3) is 0 Å². The van der Waals surface area contributed by atoms with Crippen LogP contribution in [0.15, 0.2) is 54.6 Å². The Morgan fingerprint density at radius 1 is 1.15 bits per heavy atom. The zero-order chi connectivity index (χ0) is 19.2. The van der Waals surface area contributed by atoms with Gasteiger partial charge >= 0.3 is 6.03 Å². The fourth-order valence-corrected chi connectivity index (χ4v) is 3.23. The molecule has 1 fully saturated rings. The van der Waals surface area contributed by atoms with E-state index in [1.807, 2.05) is 49.3 Å². The van der Waals surface area contributed by atoms with Crippen molar-refractivity contribution in [2.75, 3.05) is 20.6 Å². The molecular formula is C22H29N3O2. The molecule has 1 aliphatic rings. The van der Waals surface area contributed by atoms with Gasteiger partial charge in [0.2, 0.25) is 0 Å². The summed E-state index contributed by atoms with van der Waals surface area (Å²) in [4.78, 5) is 17.1. The van der Waals surface area contributed by atoms with Crippen LogP contribution in [0.4, 0.5) is 4.79 Å². The van der Waals surface area contributed by atoms with Gasteiger partial charge in [-0.15, -0.1) is 0 Å². The molecule has 0 spiro atoms. The number of benzene rings is 2. The van der Waals surface area contributed by atoms with Crippen molar-refractivity contribution in [2.45, 2.75) is 37.9 Å². The molecule has 1 atom stereocenters. The van der Waals surface area contributed by atoms with Crippen LogP contribution in [0.2, 0.25) is 0 Å². The number of urea groups is 1. The van der Waals surface area contributed by atoms with E-state index in [0.29, 0.717) is 6.54 Å². The zero-order valence-corrected chi connectivity index (χ0v) is 16.1. The normalized spacial score (nSPS) is 14.8. The Morgan fingerprint density at radius 3 is 2.52 bits per heavy atom. The summed E-state index contributed by atoms with van der Waals surface area (Å²) in [5.74, 6) is 0.233. The van der Waals surface area contributed by atoms with Gasteiger partial charge < -0.3 is 20.2 Å². The first-order chi connectivity index (χ1) is 13.0. The van der Waals surface area contributed by atoms with Crippen molar-refractivity contribution in [1.82, 2.24) is 15.1 Å². The van der Waals surface area contributed by atoms with Gasteiger partial charge in [-0.3, -0.25) is 0 Å². The van der Waals surface area contributed by atoms with E-state index in [1.54, 1.807) is 12.1 Å². The topological polar surface area (TPSA) is 55.8 Å². The number of nitrogens with one attached hydrogen (secondary N) is 1. The maximum atomic E-state index is 13.1. The van der Waals surface area contributed by atoms with Gasteiger partial charge in [-0.25, -0.2) is 4.79 Å². The Balaban J connectivity index is 1.71. The number of phenolic OH excluding ortho intramolecular Hbond substituents is 1. The van der Waals surface area contributed by atoms with E-state index in [4.69, 9.17) is 0 Å². The number of hydrogen-bond donors (Lipinski definition) is 2. The van der Waals surface area contributed by atoms with E-state index in [-0.39, 0.29) is 23.9 Å². The lowest BCUT2D eigenvalue weighted by Gasteiger charge is -2.28. The van der Waals surface area contributed by atoms with Crippen LogP contribution >= 0.6 is 0 Å². The van der Waals surface area contributed by atoms with E-state index < -0.39 is 0 Å². The van der Waals surface area contributed by atoms with Crippen molar-refractivity contribution in [3.05, 3.63) is 65.7 Å². The number of carbonyl (C=O) groups excluding carboxylic acids is 1. The fraction of sp³-hybridized carbons (Fsp3) is 0.409. The number of hydrogen-bond acceptors (Lipinski definition) is 3. The lowest BCUT2D eigenvalue weighted by molar-refractivity contribution is 0.186. The molecule has 1 aliphatic carbocycles. The minimum absolute atomic E-state index is 0.0217. The molecule has 2 aromatic carbocycles. The summed E-state index contributed by atoms with van der Waals surface area (Å²) >= 11 is 0. The smallest absolute Gasteiger partial charge is 0.318 e. The predicted octanol–water partition coefficient (Wildman–Crippen LogP) is 3.76. The summed E-state index contributed by atoms with van der Waals surface area (Å²) in [7, 11) is 4.09. The second-order valence-electron chi connectivity index (χ2n) is 7.53. The van der Waals surface area contributed by atoms with Crippen LogP contribution in [0.1, 0.15) is 36.4 Å². The van der Waals surface area contributed by atoms with Crippen molar-refractivity contribution in [2.24, 2.45) is 0 Å². The Morgan fingerprint density at radius 2 is 1.89 bits per heavy atom. The highest BCUT2D eigenvalue weighted by molar-refractivity contribution is 5.75. The van der Waals surface area contributed by atoms with Crippen LogP contribution in [-0.2, 0) is 6.54 Å². The van der Waals surface area contributed by atoms with E-state index >= 15 is 0 Å². The maximum absolute atomic E-state index is 13.1. The Kier molecular flexibility index (Phi) is 6.35. The first kappa shape index (κ1) is 19.2. The first-order valence-corrected chi connectivity index (χ1v) is 9.57. The summed E-state index contributed by atoms with van der Waals surface area (Å²) < 4.78 is 0. The zero-order valence-electron chi connectivity index (χ0n) is 16.1. The van der Waals surface area contributed by atoms with Gasteiger partial charge in [0.05, 0.1) is 6.04 Å². The summed E-state index contributed by atoms with van der Waals surface area (Å²) in [6.45, 7) is 1.41. The van der Waals surface area contributed by atoms with Crippen molar-refractivity contribution in [3.8, 4) is 5.75 Å². The molecule has 0 saturated heterocycles. The van der Waals surface area contributed by atoms with Gasteiger partial charge in [0, 0.05) is 12.6 Å². The summed E-state index contributed by atoms with van der Waals surface area (Å²) in [5, 5.41) is 13.0. The largest absolute Gasteiger partial charge is 0.508 e. The molecule has 0 aliphatic heterocycles. The summed E-state index contributed by atoms with van der Waals surface area (Å²) in [5.41, 5.74) is 2.07. The maximum Gasteiger partial charge on any atom is 0.318 e. The van der Waals surface area contributed by atoms with Crippen LogP contribution in [-0.4, -0.2) is 47.6 Å². The minimum atomic E-state index is -0.0338. The molecule has 2 aromatic rings. The van der Waals surface area contributed by atoms with Gasteiger partial charge in [-0.1, -0.05) is 42.5 Å². The Bertz CT molecular complexity index is 744. The SMILES string of the molecule is CN(C)CC[C@@H](NC(=O)N(Cc1cccc(O)c1)C1CC1)c1ccccc1. The fourth-order valence-electron chi connectivity index (χ4n) is 3.23. The highest BCUT2D eigenvalue weighted by Crippen LogP contribution is 2.29. The Hall–Kier alpha value is -2.53. The van der Waals surface area contributed by atoms with Crippen LogP contribution in [0.5, 0.6) is 5.75 Å². The number of phenols is 1. The first-order valence-electron chi connectivity index (χ1n) is 9.57. The predicted molar refractivity (Wildman–Crippen MR) is 108 cm³/mol. The van der Waals surface area contributed by atoms with Gasteiger partial charge in [0.1, 0.15) is 5.75 Å². The third-order valence-electron chi connectivity index (χ3n) is 4.88. The molecule has 5 heteroatoms. The number of rotatable bonds is 8. The van der Waals surface area contributed by atoms with E-state index in [0.717, 1.165) is 36.9 Å². The lowest BCUT2D eigenvalue weighted by atomic mass is 10.0. The second-order valence-corrected chi connectivity index (χ2v) is 7.53. The van der Waals surface area contributed by atoms with E-state index in [9.17, 15) is 9.90 Å². The Labute approximate surface area is 161 Å². The third kappa shape index (κ3) is 5.73. The lowest BCUT2D eigenvalue weighted by Crippen LogP contribution is -2.43. The molecule has 0 aromatic heterocycles. The van der Waals surface area contributed by atoms with Crippen LogP contribution in [0, 0.1) is 0 Å². The molecule has 0 bridgehead atoms. The molecule has 3 rings (SSSR count). The average Bonchev–Trinajstić information content (AvgIpc) is 3.48. The summed E-state index contributed by atoms with van der Waals surface area (Å²) in [6.07, 6.45) is 2.94. The van der Waals surface area contributed by atoms with E-state index in [2.05, 4.69) is 22.3 Å². The molecule has 27 heavy (non-hydrogen) atoms. The molecule has 2 N–H and O–H groups in total. The molecule has 144 valence electrons. The molecule has 5 nitrogen and oxygen atoms in total. The number of aromatic hydroxyl groups is 1. The molecule has 1 saturated carbocycles. The number of carbonyl (C=O) groups is 1. The molecule has 2 amide bonds. The van der Waals surface area contributed by atoms with Crippen molar-refractivity contribution >= 4 is 6.03 Å². The third-order valence-corrected chi connectivity index (χ3v) is 4.88. The molecule has 0 radical (unpaired) electrons. The number of nitrogens with zero attached hydrogens (tertiary/aromatic N) is 2. The van der Waals surface area contributed by atoms with Crippen molar-refractivity contribution in [1.29, 1.82) is 0 Å². The molecule has 0 heterocycles. The van der Waals surface area contributed by atoms with Crippen LogP contribution in [0.25, 0.3) is 0 Å². The standard InChI is InChI=1S/C22H29N3O2/c1-24(2)14-13-21(18-8-4-3-5-9-18)23-22(27)25(19-11-12-19)16-17-7-6-10-20(26)15-17/h3-10,15,19,21,26H,11-14,16H2,1-2H3,(H,23,27)/t21-/m1/s1. The monoisotopic (exact) mass is 367 g/mol. The minimum Gasteiger partial charge on any atom is -0.508 e. The van der Waals surface area contributed by atoms with Crippen LogP contribution < -0.4 is 5.32 Å². The van der Waals surface area contributed by atoms with Gasteiger partial charge in [-0.2, -0.15) is 0 Å². The molecular weight excluding hydrogens is 338 g/mol. The van der Waals surface area contributed by atoms with Crippen molar-refractivity contribution < 1.29 is 9.90 Å². The van der Waals surface area contributed by atoms with E-state index in [1.165, 1.54) is 0 Å². The quantitative estimate of drug-likeness (QED) is 0.747. The van der Waals surface area contributed by atoms with Crippen molar-refractivity contribution in [3.63, 3.8) is 0 Å².